The van der Waals surface area contributed by atoms with Crippen LogP contribution in [0.2, 0.25) is 5.02 Å². The molecule has 51 heavy (non-hydrogen) atoms. The average Bonchev–Trinajstić information content (AvgIpc) is 3.73. The van der Waals surface area contributed by atoms with Gasteiger partial charge in [0.25, 0.3) is 0 Å². The number of allylic oxidation sites excluding steroid dienone is 2. The predicted molar refractivity (Wildman–Crippen MR) is 186 cm³/mol. The number of anilines is 2. The summed E-state index contributed by atoms with van der Waals surface area (Å²) in [5.41, 5.74) is 2.70. The fourth-order valence-electron chi connectivity index (χ4n) is 8.97. The minimum Gasteiger partial charge on any atom is -0.508 e. The van der Waals surface area contributed by atoms with Gasteiger partial charge >= 0.3 is 0 Å². The molecule has 2 aliphatic heterocycles. The van der Waals surface area contributed by atoms with Crippen molar-refractivity contribution >= 4 is 57.7 Å². The van der Waals surface area contributed by atoms with Crippen LogP contribution in [0.5, 0.6) is 5.75 Å². The molecule has 4 aliphatic rings. The Morgan fingerprint density at radius 3 is 2.37 bits per heavy atom. The van der Waals surface area contributed by atoms with Crippen LogP contribution in [0.25, 0.3) is 22.6 Å². The highest BCUT2D eigenvalue weighted by Crippen LogP contribution is 2.64. The Morgan fingerprint density at radius 2 is 1.63 bits per heavy atom. The van der Waals surface area contributed by atoms with E-state index in [2.05, 4.69) is 4.98 Å². The third kappa shape index (κ3) is 4.48. The number of amides is 4. The lowest BCUT2D eigenvalue weighted by Crippen LogP contribution is -2.48. The molecule has 1 aromatic heterocycles. The van der Waals surface area contributed by atoms with Gasteiger partial charge in [0.05, 0.1) is 39.6 Å². The molecule has 2 aliphatic carbocycles. The van der Waals surface area contributed by atoms with Crippen molar-refractivity contribution in [3.05, 3.63) is 119 Å². The minimum atomic E-state index is -1.31. The van der Waals surface area contributed by atoms with E-state index < -0.39 is 52.6 Å². The SMILES string of the molecule is C[C@@]12C(=O)N(c3ccc(F)c(Cl)c3)C(=O)[C@@H]1C[C@@H]1C(=CC[C@@H]3C(=O)N(c4ccc(-c5nc6ccccc6o5)cc4)C(=O)[C@@H]31)[C@@H]2c1cccc(O)c1. The summed E-state index contributed by atoms with van der Waals surface area (Å²) in [7, 11) is 0. The molecule has 3 heterocycles. The van der Waals surface area contributed by atoms with Crippen molar-refractivity contribution in [2.45, 2.75) is 25.7 Å². The van der Waals surface area contributed by atoms with Crippen molar-refractivity contribution in [2.75, 3.05) is 9.80 Å². The van der Waals surface area contributed by atoms with Gasteiger partial charge in [-0.1, -0.05) is 47.5 Å². The summed E-state index contributed by atoms with van der Waals surface area (Å²) in [5, 5.41) is 10.3. The zero-order chi connectivity index (χ0) is 35.3. The number of carbonyl (C=O) groups excluding carboxylic acids is 4. The lowest BCUT2D eigenvalue weighted by molar-refractivity contribution is -0.131. The van der Waals surface area contributed by atoms with Crippen LogP contribution in [-0.4, -0.2) is 33.7 Å². The van der Waals surface area contributed by atoms with Crippen LogP contribution in [0, 0.1) is 34.9 Å². The number of hydrogen-bond donors (Lipinski definition) is 1. The normalized spacial score (nSPS) is 27.1. The highest BCUT2D eigenvalue weighted by molar-refractivity contribution is 6.32. The Balaban J connectivity index is 1.09. The van der Waals surface area contributed by atoms with Crippen LogP contribution in [0.4, 0.5) is 15.8 Å². The zero-order valence-corrected chi connectivity index (χ0v) is 27.9. The van der Waals surface area contributed by atoms with Crippen molar-refractivity contribution in [2.24, 2.45) is 29.1 Å². The number of aromatic nitrogens is 1. The van der Waals surface area contributed by atoms with E-state index in [0.717, 1.165) is 16.5 Å². The Morgan fingerprint density at radius 1 is 0.863 bits per heavy atom. The molecule has 254 valence electrons. The van der Waals surface area contributed by atoms with Crippen LogP contribution < -0.4 is 9.80 Å². The summed E-state index contributed by atoms with van der Waals surface area (Å²) < 4.78 is 20.0. The molecule has 4 aromatic carbocycles. The molecule has 0 radical (unpaired) electrons. The average molecular weight is 702 g/mol. The molecule has 4 amide bonds. The maximum absolute atomic E-state index is 14.5. The summed E-state index contributed by atoms with van der Waals surface area (Å²) in [6, 6.07) is 24.6. The Kier molecular flexibility index (Phi) is 6.89. The molecular formula is C40H29ClFN3O6. The Hall–Kier alpha value is -5.61. The van der Waals surface area contributed by atoms with Gasteiger partial charge in [-0.05, 0) is 98.0 Å². The molecule has 1 N–H and O–H groups in total. The van der Waals surface area contributed by atoms with E-state index >= 15 is 0 Å². The fraction of sp³-hybridized carbons (Fsp3) is 0.225. The van der Waals surface area contributed by atoms with Gasteiger partial charge in [0.15, 0.2) is 5.58 Å². The molecule has 2 saturated heterocycles. The molecule has 11 heteroatoms. The van der Waals surface area contributed by atoms with Crippen molar-refractivity contribution in [3.8, 4) is 17.2 Å². The number of halogens is 2. The van der Waals surface area contributed by atoms with Crippen molar-refractivity contribution in [1.29, 1.82) is 0 Å². The summed E-state index contributed by atoms with van der Waals surface area (Å²) in [5.74, 6) is -5.48. The number of rotatable bonds is 4. The van der Waals surface area contributed by atoms with E-state index in [0.29, 0.717) is 33.8 Å². The van der Waals surface area contributed by atoms with E-state index in [-0.39, 0.29) is 41.1 Å². The molecule has 0 spiro atoms. The first-order valence-electron chi connectivity index (χ1n) is 16.7. The highest BCUT2D eigenvalue weighted by Gasteiger charge is 2.67. The number of benzene rings is 4. The van der Waals surface area contributed by atoms with Gasteiger partial charge in [-0.25, -0.2) is 14.3 Å². The van der Waals surface area contributed by atoms with Gasteiger partial charge < -0.3 is 9.52 Å². The number of hydrogen-bond acceptors (Lipinski definition) is 7. The van der Waals surface area contributed by atoms with Crippen LogP contribution in [-0.2, 0) is 19.2 Å². The van der Waals surface area contributed by atoms with Crippen molar-refractivity contribution in [3.63, 3.8) is 0 Å². The standard InChI is InChI=1S/C40H29ClFN3O6/c1-40-28(37(48)45(39(40)50)23-13-16-30(42)29(41)18-23)19-27-25(34(40)21-5-4-6-24(46)17-21)14-15-26-33(27)38(49)44(36(26)47)22-11-9-20(10-12-22)35-43-31-7-2-3-8-32(31)51-35/h2-14,16-18,26-28,33-34,46H,15,19H2,1H3/t26-,27+,28-,33-,34-,40+/m0/s1. The summed E-state index contributed by atoms with van der Waals surface area (Å²) in [6.45, 7) is 1.74. The maximum atomic E-state index is 14.5. The first kappa shape index (κ1) is 31.4. The first-order chi connectivity index (χ1) is 24.6. The second kappa shape index (κ2) is 11.2. The predicted octanol–water partition coefficient (Wildman–Crippen LogP) is 7.43. The Labute approximate surface area is 295 Å². The summed E-state index contributed by atoms with van der Waals surface area (Å²) in [6.07, 6.45) is 2.37. The fourth-order valence-corrected chi connectivity index (χ4v) is 9.15. The number of fused-ring (bicyclic) bond motifs is 5. The number of oxazole rings is 1. The lowest BCUT2D eigenvalue weighted by atomic mass is 9.51. The van der Waals surface area contributed by atoms with E-state index in [1.807, 2.05) is 30.3 Å². The minimum absolute atomic E-state index is 0.0115. The van der Waals surface area contributed by atoms with Crippen LogP contribution in [0.1, 0.15) is 31.2 Å². The summed E-state index contributed by atoms with van der Waals surface area (Å²) >= 11 is 6.09. The van der Waals surface area contributed by atoms with Crippen molar-refractivity contribution in [1.82, 2.24) is 4.98 Å². The second-order valence-electron chi connectivity index (χ2n) is 13.9. The molecule has 1 saturated carbocycles. The van der Waals surface area contributed by atoms with E-state index in [9.17, 15) is 28.7 Å². The highest BCUT2D eigenvalue weighted by atomic mass is 35.5. The number of carbonyl (C=O) groups is 4. The molecule has 9 nitrogen and oxygen atoms in total. The molecule has 0 unspecified atom stereocenters. The van der Waals surface area contributed by atoms with Gasteiger partial charge in [-0.3, -0.25) is 24.1 Å². The lowest BCUT2D eigenvalue weighted by Gasteiger charge is -2.49. The first-order valence-corrected chi connectivity index (χ1v) is 17.1. The van der Waals surface area contributed by atoms with Gasteiger partial charge in [0.1, 0.15) is 17.1 Å². The molecule has 9 rings (SSSR count). The molecular weight excluding hydrogens is 673 g/mol. The van der Waals surface area contributed by atoms with E-state index in [1.165, 1.54) is 23.1 Å². The topological polar surface area (TPSA) is 121 Å². The van der Waals surface area contributed by atoms with Crippen LogP contribution in [0.15, 0.2) is 107 Å². The number of imide groups is 2. The number of para-hydroxylation sites is 2. The Bertz CT molecular complexity index is 2340. The van der Waals surface area contributed by atoms with Gasteiger partial charge in [0.2, 0.25) is 29.5 Å². The number of aromatic hydroxyl groups is 1. The van der Waals surface area contributed by atoms with Gasteiger partial charge in [-0.15, -0.1) is 0 Å². The second-order valence-corrected chi connectivity index (χ2v) is 14.3. The van der Waals surface area contributed by atoms with Crippen LogP contribution in [0.3, 0.4) is 0 Å². The number of nitrogens with zero attached hydrogens (tertiary/aromatic N) is 3. The zero-order valence-electron chi connectivity index (χ0n) is 27.1. The third-order valence-corrected chi connectivity index (χ3v) is 11.6. The van der Waals surface area contributed by atoms with Gasteiger partial charge in [-0.2, -0.15) is 0 Å². The van der Waals surface area contributed by atoms with Crippen LogP contribution >= 0.6 is 11.6 Å². The number of phenolic OH excluding ortho intramolecular Hbond substituents is 1. The quantitative estimate of drug-likeness (QED) is 0.153. The molecule has 3 fully saturated rings. The third-order valence-electron chi connectivity index (χ3n) is 11.3. The molecule has 5 aromatic rings. The monoisotopic (exact) mass is 701 g/mol. The van der Waals surface area contributed by atoms with Crippen molar-refractivity contribution < 1.29 is 33.1 Å². The smallest absolute Gasteiger partial charge is 0.241 e. The summed E-state index contributed by atoms with van der Waals surface area (Å²) in [4.78, 5) is 64.2. The number of phenols is 1. The van der Waals surface area contributed by atoms with E-state index in [1.54, 1.807) is 49.4 Å². The van der Waals surface area contributed by atoms with E-state index in [4.69, 9.17) is 16.0 Å². The largest absolute Gasteiger partial charge is 0.508 e. The maximum Gasteiger partial charge on any atom is 0.241 e. The molecule has 0 bridgehead atoms. The molecule has 6 atom stereocenters. The van der Waals surface area contributed by atoms with Gasteiger partial charge in [0, 0.05) is 11.5 Å².